The second-order valence-electron chi connectivity index (χ2n) is 3.42. The molecular weight excluding hydrogens is 240 g/mol. The van der Waals surface area contributed by atoms with Crippen LogP contribution in [-0.4, -0.2) is 5.91 Å². The first kappa shape index (κ1) is 11.7. The smallest absolute Gasteiger partial charge is 0.291 e. The van der Waals surface area contributed by atoms with Gasteiger partial charge in [0, 0.05) is 12.2 Å². The molecule has 0 saturated carbocycles. The van der Waals surface area contributed by atoms with E-state index in [9.17, 15) is 4.79 Å². The molecule has 1 aromatic heterocycles. The summed E-state index contributed by atoms with van der Waals surface area (Å²) in [4.78, 5) is 11.8. The Balaban J connectivity index is 2.18. The van der Waals surface area contributed by atoms with Gasteiger partial charge < -0.3 is 15.5 Å². The van der Waals surface area contributed by atoms with Crippen molar-refractivity contribution in [2.45, 2.75) is 6.54 Å². The molecule has 0 atom stereocenters. The van der Waals surface area contributed by atoms with Crippen LogP contribution in [-0.2, 0) is 6.54 Å². The summed E-state index contributed by atoms with van der Waals surface area (Å²) < 4.78 is 5.01. The van der Waals surface area contributed by atoms with Crippen molar-refractivity contribution < 1.29 is 9.21 Å². The van der Waals surface area contributed by atoms with Gasteiger partial charge in [-0.05, 0) is 35.4 Å². The molecule has 0 fully saturated rings. The fraction of sp³-hybridized carbons (Fsp3) is 0.0833. The lowest BCUT2D eigenvalue weighted by atomic mass is 10.2. The number of nitrogens with one attached hydrogen (secondary N) is 1. The zero-order chi connectivity index (χ0) is 12.3. The van der Waals surface area contributed by atoms with Crippen LogP contribution in [0.25, 0.3) is 0 Å². The first-order chi connectivity index (χ1) is 8.20. The van der Waals surface area contributed by atoms with Crippen molar-refractivity contribution >= 4 is 23.2 Å². The van der Waals surface area contributed by atoms with Crippen LogP contribution in [0.15, 0.2) is 40.8 Å². The van der Waals surface area contributed by atoms with Crippen molar-refractivity contribution in [2.75, 3.05) is 5.32 Å². The van der Waals surface area contributed by atoms with Gasteiger partial charge in [-0.15, -0.1) is 0 Å². The van der Waals surface area contributed by atoms with Crippen molar-refractivity contribution in [2.24, 2.45) is 5.73 Å². The van der Waals surface area contributed by atoms with Gasteiger partial charge in [-0.25, -0.2) is 0 Å². The number of para-hydroxylation sites is 1. The van der Waals surface area contributed by atoms with Crippen LogP contribution in [0.3, 0.4) is 0 Å². The molecule has 0 bridgehead atoms. The maximum Gasteiger partial charge on any atom is 0.291 e. The highest BCUT2D eigenvalue weighted by Gasteiger charge is 2.11. The molecule has 2 rings (SSSR count). The predicted molar refractivity (Wildman–Crippen MR) is 66.0 cm³/mol. The predicted octanol–water partition coefficient (Wildman–Crippen LogP) is 2.64. The number of nitrogens with two attached hydrogens (primary N) is 1. The van der Waals surface area contributed by atoms with Crippen LogP contribution < -0.4 is 11.1 Å². The summed E-state index contributed by atoms with van der Waals surface area (Å²) in [5, 5.41) is 2.90. The van der Waals surface area contributed by atoms with E-state index in [4.69, 9.17) is 21.8 Å². The Kier molecular flexibility index (Phi) is 3.46. The maximum atomic E-state index is 11.8. The molecule has 17 heavy (non-hydrogen) atoms. The number of rotatable bonds is 3. The van der Waals surface area contributed by atoms with Gasteiger partial charge in [0.2, 0.25) is 0 Å². The summed E-state index contributed by atoms with van der Waals surface area (Å²) in [7, 11) is 0. The summed E-state index contributed by atoms with van der Waals surface area (Å²) in [6, 6.07) is 10.4. The Labute approximate surface area is 103 Å². The molecule has 1 aromatic carbocycles. The van der Waals surface area contributed by atoms with Crippen molar-refractivity contribution in [3.8, 4) is 0 Å². The van der Waals surface area contributed by atoms with Gasteiger partial charge in [0.15, 0.2) is 11.0 Å². The van der Waals surface area contributed by atoms with Crippen molar-refractivity contribution in [3.05, 3.63) is 52.9 Å². The molecule has 0 aliphatic heterocycles. The molecule has 5 heteroatoms. The van der Waals surface area contributed by atoms with Crippen LogP contribution in [0, 0.1) is 0 Å². The Bertz CT molecular complexity index is 537. The lowest BCUT2D eigenvalue weighted by Gasteiger charge is -2.07. The fourth-order valence-electron chi connectivity index (χ4n) is 1.44. The Morgan fingerprint density at radius 2 is 2.06 bits per heavy atom. The molecule has 0 radical (unpaired) electrons. The lowest BCUT2D eigenvalue weighted by molar-refractivity contribution is 0.0996. The van der Waals surface area contributed by atoms with Gasteiger partial charge in [-0.3, -0.25) is 4.79 Å². The quantitative estimate of drug-likeness (QED) is 0.880. The number of benzene rings is 1. The van der Waals surface area contributed by atoms with E-state index in [0.29, 0.717) is 12.2 Å². The second kappa shape index (κ2) is 5.03. The molecule has 0 aliphatic carbocycles. The number of carbonyl (C=O) groups excluding carboxylic acids is 1. The summed E-state index contributed by atoms with van der Waals surface area (Å²) in [6.07, 6.45) is 0. The van der Waals surface area contributed by atoms with E-state index in [1.54, 1.807) is 6.07 Å². The average molecular weight is 251 g/mol. The molecular formula is C12H11ClN2O2. The number of amides is 1. The zero-order valence-corrected chi connectivity index (χ0v) is 9.70. The third-order valence-corrected chi connectivity index (χ3v) is 2.49. The summed E-state index contributed by atoms with van der Waals surface area (Å²) in [5.41, 5.74) is 7.11. The molecule has 3 N–H and O–H groups in total. The Morgan fingerprint density at radius 3 is 2.71 bits per heavy atom. The third kappa shape index (κ3) is 2.67. The van der Waals surface area contributed by atoms with Gasteiger partial charge in [0.1, 0.15) is 0 Å². The third-order valence-electron chi connectivity index (χ3n) is 2.28. The highest BCUT2D eigenvalue weighted by atomic mass is 35.5. The van der Waals surface area contributed by atoms with E-state index < -0.39 is 0 Å². The summed E-state index contributed by atoms with van der Waals surface area (Å²) >= 11 is 5.60. The van der Waals surface area contributed by atoms with E-state index >= 15 is 0 Å². The normalized spacial score (nSPS) is 10.2. The average Bonchev–Trinajstić information content (AvgIpc) is 2.77. The minimum absolute atomic E-state index is 0.168. The summed E-state index contributed by atoms with van der Waals surface area (Å²) in [5.74, 6) is -0.181. The monoisotopic (exact) mass is 250 g/mol. The molecule has 0 unspecified atom stereocenters. The Morgan fingerprint density at radius 1 is 1.29 bits per heavy atom. The van der Waals surface area contributed by atoms with Crippen molar-refractivity contribution in [3.63, 3.8) is 0 Å². The van der Waals surface area contributed by atoms with Gasteiger partial charge >= 0.3 is 0 Å². The number of furan rings is 1. The zero-order valence-electron chi connectivity index (χ0n) is 8.94. The van der Waals surface area contributed by atoms with Crippen LogP contribution >= 0.6 is 11.6 Å². The van der Waals surface area contributed by atoms with E-state index in [1.165, 1.54) is 12.1 Å². The molecule has 1 heterocycles. The first-order valence-corrected chi connectivity index (χ1v) is 5.43. The maximum absolute atomic E-state index is 11.8. The molecule has 88 valence electrons. The van der Waals surface area contributed by atoms with Crippen LogP contribution in [0.1, 0.15) is 16.1 Å². The van der Waals surface area contributed by atoms with Crippen LogP contribution in [0.5, 0.6) is 0 Å². The minimum Gasteiger partial charge on any atom is -0.440 e. The fourth-order valence-corrected chi connectivity index (χ4v) is 1.59. The molecule has 4 nitrogen and oxygen atoms in total. The van der Waals surface area contributed by atoms with E-state index in [-0.39, 0.29) is 16.9 Å². The first-order valence-electron chi connectivity index (χ1n) is 5.05. The van der Waals surface area contributed by atoms with Crippen molar-refractivity contribution in [1.82, 2.24) is 0 Å². The number of anilines is 1. The number of halogens is 1. The van der Waals surface area contributed by atoms with E-state index in [1.807, 2.05) is 18.2 Å². The highest BCUT2D eigenvalue weighted by Crippen LogP contribution is 2.18. The van der Waals surface area contributed by atoms with E-state index in [2.05, 4.69) is 5.32 Å². The van der Waals surface area contributed by atoms with Crippen LogP contribution in [0.2, 0.25) is 5.22 Å². The SMILES string of the molecule is NCc1ccccc1NC(=O)c1ccc(Cl)o1. The standard InChI is InChI=1S/C12H11ClN2O2/c13-11-6-5-10(17-11)12(16)15-9-4-2-1-3-8(9)7-14/h1-6H,7,14H2,(H,15,16). The van der Waals surface area contributed by atoms with Gasteiger partial charge in [-0.2, -0.15) is 0 Å². The Hall–Kier alpha value is -1.78. The number of hydrogen-bond acceptors (Lipinski definition) is 3. The van der Waals surface area contributed by atoms with Crippen molar-refractivity contribution in [1.29, 1.82) is 0 Å². The van der Waals surface area contributed by atoms with Gasteiger partial charge in [0.25, 0.3) is 5.91 Å². The lowest BCUT2D eigenvalue weighted by Crippen LogP contribution is -2.13. The molecule has 0 spiro atoms. The van der Waals surface area contributed by atoms with Gasteiger partial charge in [-0.1, -0.05) is 18.2 Å². The summed E-state index contributed by atoms with van der Waals surface area (Å²) in [6.45, 7) is 0.357. The molecule has 0 aliphatic rings. The topological polar surface area (TPSA) is 68.3 Å². The highest BCUT2D eigenvalue weighted by molar-refractivity contribution is 6.29. The largest absolute Gasteiger partial charge is 0.440 e. The van der Waals surface area contributed by atoms with Gasteiger partial charge in [0.05, 0.1) is 0 Å². The molecule has 1 amide bonds. The molecule has 2 aromatic rings. The van der Waals surface area contributed by atoms with E-state index in [0.717, 1.165) is 5.56 Å². The minimum atomic E-state index is -0.349. The molecule has 0 saturated heterocycles. The number of hydrogen-bond donors (Lipinski definition) is 2. The number of carbonyl (C=O) groups is 1. The second-order valence-corrected chi connectivity index (χ2v) is 3.79. The van der Waals surface area contributed by atoms with Crippen LogP contribution in [0.4, 0.5) is 5.69 Å².